The van der Waals surface area contributed by atoms with E-state index in [9.17, 15) is 15.2 Å². The summed E-state index contributed by atoms with van der Waals surface area (Å²) in [5, 5.41) is 20.6. The Labute approximate surface area is 136 Å². The number of piperidine rings is 1. The van der Waals surface area contributed by atoms with Crippen LogP contribution in [0.2, 0.25) is 0 Å². The van der Waals surface area contributed by atoms with Gasteiger partial charge in [-0.15, -0.1) is 0 Å². The molecule has 0 amide bonds. The van der Waals surface area contributed by atoms with Crippen LogP contribution < -0.4 is 4.90 Å². The normalized spacial score (nSPS) is 25.7. The Morgan fingerprint density at radius 2 is 2.13 bits per heavy atom. The highest BCUT2D eigenvalue weighted by atomic mass is 16.6. The number of nitro benzene ring substituents is 1. The van der Waals surface area contributed by atoms with Crippen molar-refractivity contribution in [3.8, 4) is 0 Å². The second-order valence-electron chi connectivity index (χ2n) is 6.88. The van der Waals surface area contributed by atoms with E-state index in [4.69, 9.17) is 0 Å². The van der Waals surface area contributed by atoms with Crippen molar-refractivity contribution in [1.82, 2.24) is 4.90 Å². The van der Waals surface area contributed by atoms with E-state index in [0.29, 0.717) is 5.92 Å². The van der Waals surface area contributed by atoms with Crippen LogP contribution in [0.1, 0.15) is 24.8 Å². The highest BCUT2D eigenvalue weighted by Gasteiger charge is 2.26. The summed E-state index contributed by atoms with van der Waals surface area (Å²) >= 11 is 0. The molecule has 126 valence electrons. The zero-order valence-electron chi connectivity index (χ0n) is 13.6. The molecule has 6 nitrogen and oxygen atoms in total. The number of hydrogen-bond acceptors (Lipinski definition) is 5. The molecule has 0 aromatic heterocycles. The molecule has 2 aliphatic rings. The molecule has 1 aromatic carbocycles. The Bertz CT molecular complexity index is 578. The van der Waals surface area contributed by atoms with Crippen molar-refractivity contribution >= 4 is 11.4 Å². The third kappa shape index (κ3) is 3.82. The van der Waals surface area contributed by atoms with Gasteiger partial charge in [-0.05, 0) is 44.2 Å². The summed E-state index contributed by atoms with van der Waals surface area (Å²) in [6.45, 7) is 6.63. The topological polar surface area (TPSA) is 69.8 Å². The van der Waals surface area contributed by atoms with Crippen LogP contribution in [-0.4, -0.2) is 53.8 Å². The van der Waals surface area contributed by atoms with E-state index in [1.54, 1.807) is 13.0 Å². The van der Waals surface area contributed by atoms with Crippen molar-refractivity contribution in [3.63, 3.8) is 0 Å². The van der Waals surface area contributed by atoms with Crippen LogP contribution in [0.5, 0.6) is 0 Å². The summed E-state index contributed by atoms with van der Waals surface area (Å²) < 4.78 is 0. The van der Waals surface area contributed by atoms with Crippen LogP contribution >= 0.6 is 0 Å². The molecule has 0 bridgehead atoms. The van der Waals surface area contributed by atoms with E-state index in [-0.39, 0.29) is 16.7 Å². The minimum Gasteiger partial charge on any atom is -0.392 e. The average molecular weight is 319 g/mol. The smallest absolute Gasteiger partial charge is 0.272 e. The Hall–Kier alpha value is -1.66. The fourth-order valence-corrected chi connectivity index (χ4v) is 3.83. The number of anilines is 1. The standard InChI is InChI=1S/C17H25N3O3/c1-13-9-15(4-5-17(13)20(22)23)19-7-2-3-14(11-19)10-18-8-6-16(21)12-18/h4-5,9,14,16,21H,2-3,6-8,10-12H2,1H3/t14-,16-/m1/s1. The maximum absolute atomic E-state index is 10.9. The second-order valence-corrected chi connectivity index (χ2v) is 6.88. The average Bonchev–Trinajstić information content (AvgIpc) is 2.92. The van der Waals surface area contributed by atoms with Gasteiger partial charge in [0.1, 0.15) is 0 Å². The van der Waals surface area contributed by atoms with E-state index >= 15 is 0 Å². The number of nitrogens with zero attached hydrogens (tertiary/aromatic N) is 3. The first kappa shape index (κ1) is 16.2. The SMILES string of the molecule is Cc1cc(N2CCC[C@H](CN3CC[C@@H](O)C3)C2)ccc1[N+](=O)[O-]. The third-order valence-corrected chi connectivity index (χ3v) is 5.03. The number of hydrogen-bond donors (Lipinski definition) is 1. The van der Waals surface area contributed by atoms with Crippen LogP contribution in [0.15, 0.2) is 18.2 Å². The Kier molecular flexibility index (Phi) is 4.82. The van der Waals surface area contributed by atoms with Crippen molar-refractivity contribution in [2.24, 2.45) is 5.92 Å². The fraction of sp³-hybridized carbons (Fsp3) is 0.647. The number of β-amino-alcohol motifs (C(OH)–C–C–N with tert-alkyl or cyclic N) is 1. The first-order valence-electron chi connectivity index (χ1n) is 8.43. The quantitative estimate of drug-likeness (QED) is 0.680. The van der Waals surface area contributed by atoms with Gasteiger partial charge in [0.15, 0.2) is 0 Å². The number of nitro groups is 1. The van der Waals surface area contributed by atoms with Gasteiger partial charge in [0.05, 0.1) is 11.0 Å². The molecule has 3 rings (SSSR count). The molecule has 2 fully saturated rings. The van der Waals surface area contributed by atoms with Gasteiger partial charge in [0, 0.05) is 50.0 Å². The monoisotopic (exact) mass is 319 g/mol. The molecule has 6 heteroatoms. The van der Waals surface area contributed by atoms with E-state index < -0.39 is 0 Å². The lowest BCUT2D eigenvalue weighted by atomic mass is 9.96. The van der Waals surface area contributed by atoms with Crippen LogP contribution in [0.3, 0.4) is 0 Å². The van der Waals surface area contributed by atoms with E-state index in [2.05, 4.69) is 9.80 Å². The maximum atomic E-state index is 10.9. The molecule has 1 N–H and O–H groups in total. The van der Waals surface area contributed by atoms with Gasteiger partial charge in [-0.2, -0.15) is 0 Å². The van der Waals surface area contributed by atoms with Gasteiger partial charge in [0.25, 0.3) is 5.69 Å². The molecule has 0 aliphatic carbocycles. The van der Waals surface area contributed by atoms with Crippen LogP contribution in [-0.2, 0) is 0 Å². The summed E-state index contributed by atoms with van der Waals surface area (Å²) in [5.74, 6) is 0.601. The predicted molar refractivity (Wildman–Crippen MR) is 89.8 cm³/mol. The molecule has 23 heavy (non-hydrogen) atoms. The van der Waals surface area contributed by atoms with Crippen molar-refractivity contribution in [1.29, 1.82) is 0 Å². The van der Waals surface area contributed by atoms with Crippen LogP contribution in [0, 0.1) is 23.0 Å². The van der Waals surface area contributed by atoms with Crippen molar-refractivity contribution in [3.05, 3.63) is 33.9 Å². The highest BCUT2D eigenvalue weighted by molar-refractivity contribution is 5.55. The van der Waals surface area contributed by atoms with E-state index in [1.807, 2.05) is 12.1 Å². The van der Waals surface area contributed by atoms with Gasteiger partial charge in [0.2, 0.25) is 0 Å². The maximum Gasteiger partial charge on any atom is 0.272 e. The summed E-state index contributed by atoms with van der Waals surface area (Å²) in [5.41, 5.74) is 1.99. The number of aliphatic hydroxyl groups is 1. The fourth-order valence-electron chi connectivity index (χ4n) is 3.83. The molecular weight excluding hydrogens is 294 g/mol. The molecule has 0 spiro atoms. The molecule has 2 heterocycles. The zero-order valence-corrected chi connectivity index (χ0v) is 13.6. The molecule has 2 aliphatic heterocycles. The van der Waals surface area contributed by atoms with Gasteiger partial charge in [-0.25, -0.2) is 0 Å². The largest absolute Gasteiger partial charge is 0.392 e. The molecule has 0 unspecified atom stereocenters. The molecule has 2 saturated heterocycles. The van der Waals surface area contributed by atoms with Crippen LogP contribution in [0.25, 0.3) is 0 Å². The number of aryl methyl sites for hydroxylation is 1. The minimum absolute atomic E-state index is 0.160. The summed E-state index contributed by atoms with van der Waals surface area (Å²) in [6, 6.07) is 5.42. The van der Waals surface area contributed by atoms with Crippen molar-refractivity contribution < 1.29 is 10.0 Å². The zero-order chi connectivity index (χ0) is 16.4. The van der Waals surface area contributed by atoms with E-state index in [1.165, 1.54) is 6.42 Å². The van der Waals surface area contributed by atoms with Crippen molar-refractivity contribution in [2.45, 2.75) is 32.3 Å². The summed E-state index contributed by atoms with van der Waals surface area (Å²) in [4.78, 5) is 15.3. The number of benzene rings is 1. The number of aliphatic hydroxyl groups excluding tert-OH is 1. The lowest BCUT2D eigenvalue weighted by molar-refractivity contribution is -0.385. The summed E-state index contributed by atoms with van der Waals surface area (Å²) in [6.07, 6.45) is 3.09. The predicted octanol–water partition coefficient (Wildman–Crippen LogP) is 2.19. The molecule has 0 saturated carbocycles. The van der Waals surface area contributed by atoms with Crippen LogP contribution in [0.4, 0.5) is 11.4 Å². The first-order chi connectivity index (χ1) is 11.0. The van der Waals surface area contributed by atoms with Gasteiger partial charge >= 0.3 is 0 Å². The van der Waals surface area contributed by atoms with Gasteiger partial charge in [-0.1, -0.05) is 0 Å². The lowest BCUT2D eigenvalue weighted by Crippen LogP contribution is -2.40. The lowest BCUT2D eigenvalue weighted by Gasteiger charge is -2.36. The summed E-state index contributed by atoms with van der Waals surface area (Å²) in [7, 11) is 0. The molecule has 0 radical (unpaired) electrons. The number of rotatable bonds is 4. The molecule has 1 aromatic rings. The van der Waals surface area contributed by atoms with Gasteiger partial charge in [-0.3, -0.25) is 10.1 Å². The Balaban J connectivity index is 1.64. The van der Waals surface area contributed by atoms with E-state index in [0.717, 1.165) is 56.8 Å². The van der Waals surface area contributed by atoms with Crippen molar-refractivity contribution in [2.75, 3.05) is 37.6 Å². The molecule has 2 atom stereocenters. The number of likely N-dealkylation sites (tertiary alicyclic amines) is 1. The second kappa shape index (κ2) is 6.84. The molecular formula is C17H25N3O3. The Morgan fingerprint density at radius 1 is 1.30 bits per heavy atom. The highest BCUT2D eigenvalue weighted by Crippen LogP contribution is 2.28. The third-order valence-electron chi connectivity index (χ3n) is 5.03. The minimum atomic E-state index is -0.323. The van der Waals surface area contributed by atoms with Gasteiger partial charge < -0.3 is 14.9 Å². The Morgan fingerprint density at radius 3 is 2.78 bits per heavy atom. The first-order valence-corrected chi connectivity index (χ1v) is 8.43.